The van der Waals surface area contributed by atoms with Crippen LogP contribution in [0.1, 0.15) is 62.3 Å². The van der Waals surface area contributed by atoms with E-state index in [0.29, 0.717) is 11.5 Å². The summed E-state index contributed by atoms with van der Waals surface area (Å²) in [6.45, 7) is 8.13. The highest BCUT2D eigenvalue weighted by Gasteiger charge is 2.28. The Morgan fingerprint density at radius 1 is 1.35 bits per heavy atom. The average molecular weight is 251 g/mol. The largest absolute Gasteiger partial charge is 0.309 e. The molecule has 1 atom stereocenters. The number of hydrogen-bond acceptors (Lipinski definition) is 2. The van der Waals surface area contributed by atoms with E-state index in [9.17, 15) is 0 Å². The van der Waals surface area contributed by atoms with Gasteiger partial charge in [0.2, 0.25) is 0 Å². The first-order valence-electron chi connectivity index (χ1n) is 6.95. The molecule has 1 heterocycles. The lowest BCUT2D eigenvalue weighted by molar-refractivity contribution is 0.302. The molecule has 0 aliphatic heterocycles. The molecule has 2 rings (SSSR count). The minimum atomic E-state index is 0.512. The van der Waals surface area contributed by atoms with Gasteiger partial charge in [-0.2, -0.15) is 0 Å². The molecule has 0 amide bonds. The molecule has 17 heavy (non-hydrogen) atoms. The Kier molecular flexibility index (Phi) is 4.26. The van der Waals surface area contributed by atoms with Crippen molar-refractivity contribution < 1.29 is 0 Å². The fraction of sp³-hybridized carbons (Fsp3) is 0.733. The lowest BCUT2D eigenvalue weighted by Gasteiger charge is -2.26. The van der Waals surface area contributed by atoms with E-state index in [0.717, 1.165) is 6.42 Å². The van der Waals surface area contributed by atoms with Gasteiger partial charge in [0.1, 0.15) is 0 Å². The van der Waals surface area contributed by atoms with Crippen LogP contribution in [0.5, 0.6) is 0 Å². The molecule has 1 unspecified atom stereocenters. The van der Waals surface area contributed by atoms with Crippen molar-refractivity contribution in [1.29, 1.82) is 0 Å². The molecule has 1 saturated carbocycles. The number of hydrogen-bond donors (Lipinski definition) is 1. The van der Waals surface area contributed by atoms with Crippen LogP contribution in [0.15, 0.2) is 12.1 Å². The van der Waals surface area contributed by atoms with Crippen molar-refractivity contribution in [2.45, 2.75) is 58.9 Å². The third-order valence-corrected chi connectivity index (χ3v) is 5.52. The van der Waals surface area contributed by atoms with Gasteiger partial charge in [0.15, 0.2) is 0 Å². The molecule has 0 aromatic carbocycles. The Morgan fingerprint density at radius 3 is 2.65 bits per heavy atom. The van der Waals surface area contributed by atoms with Crippen LogP contribution in [-0.2, 0) is 6.42 Å². The predicted molar refractivity (Wildman–Crippen MR) is 76.7 cm³/mol. The summed E-state index contributed by atoms with van der Waals surface area (Å²) in [5.41, 5.74) is 0.555. The smallest absolute Gasteiger partial charge is 0.0386 e. The standard InChI is InChI=1S/C15H25NS/c1-4-13-7-8-14(17-13)12(2)16-11-15(3)9-5-6-10-15/h7-8,12,16H,4-6,9-11H2,1-3H3. The van der Waals surface area contributed by atoms with Crippen molar-refractivity contribution in [3.63, 3.8) is 0 Å². The summed E-state index contributed by atoms with van der Waals surface area (Å²) in [5, 5.41) is 3.73. The first-order valence-corrected chi connectivity index (χ1v) is 7.77. The van der Waals surface area contributed by atoms with Gasteiger partial charge in [-0.05, 0) is 43.7 Å². The maximum Gasteiger partial charge on any atom is 0.0386 e. The zero-order valence-corrected chi connectivity index (χ0v) is 12.2. The van der Waals surface area contributed by atoms with Crippen LogP contribution in [0.3, 0.4) is 0 Å². The lowest BCUT2D eigenvalue weighted by atomic mass is 9.88. The fourth-order valence-electron chi connectivity index (χ4n) is 2.72. The molecule has 0 saturated heterocycles. The molecule has 1 nitrogen and oxygen atoms in total. The van der Waals surface area contributed by atoms with E-state index in [1.54, 1.807) is 0 Å². The second-order valence-corrected chi connectivity index (χ2v) is 6.98. The quantitative estimate of drug-likeness (QED) is 0.810. The second kappa shape index (κ2) is 5.53. The summed E-state index contributed by atoms with van der Waals surface area (Å²) in [6.07, 6.45) is 6.81. The molecule has 0 bridgehead atoms. The first kappa shape index (κ1) is 13.1. The Hall–Kier alpha value is -0.340. The van der Waals surface area contributed by atoms with Crippen LogP contribution in [0.2, 0.25) is 0 Å². The van der Waals surface area contributed by atoms with Gasteiger partial charge in [0, 0.05) is 22.3 Å². The SMILES string of the molecule is CCc1ccc(C(C)NCC2(C)CCCC2)s1. The Balaban J connectivity index is 1.86. The zero-order chi connectivity index (χ0) is 12.3. The maximum atomic E-state index is 3.73. The van der Waals surface area contributed by atoms with Gasteiger partial charge >= 0.3 is 0 Å². The second-order valence-electron chi connectivity index (χ2n) is 5.78. The molecular formula is C15H25NS. The minimum absolute atomic E-state index is 0.512. The fourth-order valence-corrected chi connectivity index (χ4v) is 3.70. The third kappa shape index (κ3) is 3.32. The van der Waals surface area contributed by atoms with Gasteiger partial charge in [-0.15, -0.1) is 11.3 Å². The van der Waals surface area contributed by atoms with Crippen molar-refractivity contribution in [3.05, 3.63) is 21.9 Å². The van der Waals surface area contributed by atoms with Gasteiger partial charge < -0.3 is 5.32 Å². The summed E-state index contributed by atoms with van der Waals surface area (Å²) in [6, 6.07) is 5.07. The Bertz CT molecular complexity index is 350. The number of aryl methyl sites for hydroxylation is 1. The molecule has 0 spiro atoms. The molecule has 1 aliphatic rings. The van der Waals surface area contributed by atoms with Gasteiger partial charge in [-0.25, -0.2) is 0 Å². The molecule has 1 aliphatic carbocycles. The summed E-state index contributed by atoms with van der Waals surface area (Å²) in [4.78, 5) is 2.99. The summed E-state index contributed by atoms with van der Waals surface area (Å²) in [7, 11) is 0. The molecule has 1 N–H and O–H groups in total. The molecule has 2 heteroatoms. The molecular weight excluding hydrogens is 226 g/mol. The monoisotopic (exact) mass is 251 g/mol. The van der Waals surface area contributed by atoms with Crippen LogP contribution >= 0.6 is 11.3 Å². The van der Waals surface area contributed by atoms with Crippen molar-refractivity contribution in [3.8, 4) is 0 Å². The Morgan fingerprint density at radius 2 is 2.06 bits per heavy atom. The Labute approximate surface area is 110 Å². The number of rotatable bonds is 5. The molecule has 96 valence electrons. The van der Waals surface area contributed by atoms with Crippen molar-refractivity contribution in [1.82, 2.24) is 5.32 Å². The number of nitrogens with one attached hydrogen (secondary N) is 1. The van der Waals surface area contributed by atoms with Crippen LogP contribution in [0.25, 0.3) is 0 Å². The summed E-state index contributed by atoms with van der Waals surface area (Å²) >= 11 is 1.96. The van der Waals surface area contributed by atoms with E-state index in [1.165, 1.54) is 42.0 Å². The number of thiophene rings is 1. The summed E-state index contributed by atoms with van der Waals surface area (Å²) < 4.78 is 0. The lowest BCUT2D eigenvalue weighted by Crippen LogP contribution is -2.31. The average Bonchev–Trinajstić information content (AvgIpc) is 2.95. The minimum Gasteiger partial charge on any atom is -0.309 e. The van der Waals surface area contributed by atoms with Crippen LogP contribution in [0.4, 0.5) is 0 Å². The third-order valence-electron chi connectivity index (χ3n) is 4.10. The molecule has 1 aromatic heterocycles. The normalized spacial score (nSPS) is 20.6. The van der Waals surface area contributed by atoms with Crippen molar-refractivity contribution in [2.75, 3.05) is 6.54 Å². The van der Waals surface area contributed by atoms with Crippen LogP contribution in [0, 0.1) is 5.41 Å². The molecule has 1 fully saturated rings. The van der Waals surface area contributed by atoms with Crippen molar-refractivity contribution >= 4 is 11.3 Å². The van der Waals surface area contributed by atoms with E-state index < -0.39 is 0 Å². The summed E-state index contributed by atoms with van der Waals surface area (Å²) in [5.74, 6) is 0. The molecule has 1 aromatic rings. The molecule has 0 radical (unpaired) electrons. The first-order chi connectivity index (χ1) is 8.13. The maximum absolute atomic E-state index is 3.73. The topological polar surface area (TPSA) is 12.0 Å². The van der Waals surface area contributed by atoms with Crippen LogP contribution < -0.4 is 5.32 Å². The highest BCUT2D eigenvalue weighted by atomic mass is 32.1. The van der Waals surface area contributed by atoms with Gasteiger partial charge in [-0.3, -0.25) is 0 Å². The van der Waals surface area contributed by atoms with Gasteiger partial charge in [0.05, 0.1) is 0 Å². The van der Waals surface area contributed by atoms with Gasteiger partial charge in [-0.1, -0.05) is 26.7 Å². The zero-order valence-electron chi connectivity index (χ0n) is 11.4. The highest BCUT2D eigenvalue weighted by molar-refractivity contribution is 7.12. The highest BCUT2D eigenvalue weighted by Crippen LogP contribution is 2.37. The van der Waals surface area contributed by atoms with E-state index in [2.05, 4.69) is 38.2 Å². The van der Waals surface area contributed by atoms with E-state index in [1.807, 2.05) is 11.3 Å². The van der Waals surface area contributed by atoms with E-state index >= 15 is 0 Å². The van der Waals surface area contributed by atoms with Crippen LogP contribution in [-0.4, -0.2) is 6.54 Å². The van der Waals surface area contributed by atoms with Gasteiger partial charge in [0.25, 0.3) is 0 Å². The van der Waals surface area contributed by atoms with E-state index in [4.69, 9.17) is 0 Å². The van der Waals surface area contributed by atoms with E-state index in [-0.39, 0.29) is 0 Å². The predicted octanol–water partition coefficient (Wildman–Crippen LogP) is 4.54. The van der Waals surface area contributed by atoms with Crippen molar-refractivity contribution in [2.24, 2.45) is 5.41 Å².